The van der Waals surface area contributed by atoms with E-state index >= 15 is 0 Å². The molecule has 1 aromatic heterocycles. The van der Waals surface area contributed by atoms with Gasteiger partial charge in [-0.2, -0.15) is 0 Å². The summed E-state index contributed by atoms with van der Waals surface area (Å²) in [5, 5.41) is 0.266. The SMILES string of the molecule is CN(C)C(=S)Sc1sn(CCc2ccccc2)c(=O)c1Cl. The average molecular weight is 359 g/mol. The van der Waals surface area contributed by atoms with Gasteiger partial charge in [-0.1, -0.05) is 54.2 Å². The van der Waals surface area contributed by atoms with Crippen LogP contribution < -0.4 is 5.56 Å². The summed E-state index contributed by atoms with van der Waals surface area (Å²) in [5.74, 6) is 0. The molecular weight excluding hydrogens is 344 g/mol. The fraction of sp³-hybridized carbons (Fsp3) is 0.286. The maximum absolute atomic E-state index is 12.1. The maximum atomic E-state index is 12.1. The molecule has 0 amide bonds. The van der Waals surface area contributed by atoms with Gasteiger partial charge < -0.3 is 4.90 Å². The zero-order valence-corrected chi connectivity index (χ0v) is 14.9. The molecule has 0 saturated heterocycles. The van der Waals surface area contributed by atoms with E-state index < -0.39 is 0 Å². The zero-order chi connectivity index (χ0) is 15.4. The number of thioether (sulfide) groups is 1. The summed E-state index contributed by atoms with van der Waals surface area (Å²) in [4.78, 5) is 14.0. The Bertz CT molecular complexity index is 679. The van der Waals surface area contributed by atoms with Crippen molar-refractivity contribution in [1.29, 1.82) is 0 Å². The molecule has 7 heteroatoms. The predicted molar refractivity (Wildman–Crippen MR) is 95.9 cm³/mol. The lowest BCUT2D eigenvalue weighted by atomic mass is 10.2. The standard InChI is InChI=1S/C14H15ClN2OS3/c1-16(2)14(19)20-13-11(15)12(18)17(21-13)9-8-10-6-4-3-5-7-10/h3-7H,8-9H2,1-2H3. The first-order chi connectivity index (χ1) is 9.99. The van der Waals surface area contributed by atoms with Gasteiger partial charge in [0.15, 0.2) is 0 Å². The number of aromatic nitrogens is 1. The topological polar surface area (TPSA) is 25.2 Å². The first-order valence-corrected chi connectivity index (χ1v) is 8.69. The molecule has 0 aliphatic carbocycles. The normalized spacial score (nSPS) is 10.6. The second-order valence-corrected chi connectivity index (χ2v) is 7.91. The van der Waals surface area contributed by atoms with Crippen molar-refractivity contribution in [2.24, 2.45) is 0 Å². The van der Waals surface area contributed by atoms with E-state index in [0.29, 0.717) is 10.9 Å². The third-order valence-electron chi connectivity index (χ3n) is 2.78. The molecule has 0 atom stereocenters. The smallest absolute Gasteiger partial charge is 0.280 e. The summed E-state index contributed by atoms with van der Waals surface area (Å²) in [6.45, 7) is 0.627. The molecule has 112 valence electrons. The fourth-order valence-corrected chi connectivity index (χ4v) is 4.31. The van der Waals surface area contributed by atoms with Gasteiger partial charge in [0.25, 0.3) is 5.56 Å². The summed E-state index contributed by atoms with van der Waals surface area (Å²) >= 11 is 14.1. The maximum Gasteiger partial charge on any atom is 0.280 e. The predicted octanol–water partition coefficient (Wildman–Crippen LogP) is 3.74. The van der Waals surface area contributed by atoms with E-state index in [2.05, 4.69) is 12.1 Å². The summed E-state index contributed by atoms with van der Waals surface area (Å²) in [7, 11) is 3.75. The lowest BCUT2D eigenvalue weighted by Crippen LogP contribution is -2.15. The van der Waals surface area contributed by atoms with Crippen molar-refractivity contribution in [2.75, 3.05) is 14.1 Å². The highest BCUT2D eigenvalue weighted by atomic mass is 35.5. The van der Waals surface area contributed by atoms with Gasteiger partial charge >= 0.3 is 0 Å². The molecule has 0 fully saturated rings. The van der Waals surface area contributed by atoms with Gasteiger partial charge in [0.1, 0.15) is 13.6 Å². The first-order valence-electron chi connectivity index (χ1n) is 6.31. The minimum atomic E-state index is -0.137. The Balaban J connectivity index is 2.11. The molecule has 1 aromatic carbocycles. The van der Waals surface area contributed by atoms with E-state index in [9.17, 15) is 4.79 Å². The molecule has 1 heterocycles. The average Bonchev–Trinajstić information content (AvgIpc) is 2.74. The summed E-state index contributed by atoms with van der Waals surface area (Å²) < 4.78 is 3.14. The Hall–Kier alpha value is -0.820. The Kier molecular flexibility index (Phi) is 5.87. The molecule has 0 N–H and O–H groups in total. The quantitative estimate of drug-likeness (QED) is 0.614. The lowest BCUT2D eigenvalue weighted by molar-refractivity contribution is 0.648. The number of hydrogen-bond acceptors (Lipinski definition) is 4. The highest BCUT2D eigenvalue weighted by molar-refractivity contribution is 8.23. The van der Waals surface area contributed by atoms with E-state index in [1.54, 1.807) is 3.96 Å². The fourth-order valence-electron chi connectivity index (χ4n) is 1.63. The molecule has 0 aliphatic rings. The number of aryl methyl sites for hydroxylation is 2. The molecule has 0 saturated carbocycles. The number of nitrogens with zero attached hydrogens (tertiary/aromatic N) is 2. The van der Waals surface area contributed by atoms with Gasteiger partial charge in [0, 0.05) is 20.6 Å². The third kappa shape index (κ3) is 4.32. The molecule has 2 rings (SSSR count). The second-order valence-electron chi connectivity index (χ2n) is 4.60. The Labute approximate surface area is 142 Å². The van der Waals surface area contributed by atoms with Crippen molar-refractivity contribution in [1.82, 2.24) is 8.86 Å². The number of benzene rings is 1. The van der Waals surface area contributed by atoms with Crippen LogP contribution in [-0.2, 0) is 13.0 Å². The molecule has 0 spiro atoms. The van der Waals surface area contributed by atoms with Crippen LogP contribution in [0.3, 0.4) is 0 Å². The first kappa shape index (κ1) is 16.5. The highest BCUT2D eigenvalue weighted by Crippen LogP contribution is 2.31. The van der Waals surface area contributed by atoms with Crippen LogP contribution in [0.15, 0.2) is 39.3 Å². The van der Waals surface area contributed by atoms with Gasteiger partial charge in [0.05, 0.1) is 0 Å². The van der Waals surface area contributed by atoms with Crippen LogP contribution in [0.4, 0.5) is 0 Å². The minimum Gasteiger partial charge on any atom is -0.363 e. The van der Waals surface area contributed by atoms with E-state index in [0.717, 1.165) is 10.6 Å². The Morgan fingerprint density at radius 3 is 2.67 bits per heavy atom. The molecule has 21 heavy (non-hydrogen) atoms. The lowest BCUT2D eigenvalue weighted by Gasteiger charge is -2.11. The molecule has 0 aliphatic heterocycles. The third-order valence-corrected chi connectivity index (χ3v) is 6.31. The van der Waals surface area contributed by atoms with Crippen molar-refractivity contribution in [3.8, 4) is 0 Å². The van der Waals surface area contributed by atoms with E-state index in [1.807, 2.05) is 37.2 Å². The Morgan fingerprint density at radius 1 is 1.38 bits per heavy atom. The van der Waals surface area contributed by atoms with Gasteiger partial charge in [-0.25, -0.2) is 0 Å². The monoisotopic (exact) mass is 358 g/mol. The van der Waals surface area contributed by atoms with Crippen LogP contribution >= 0.6 is 47.1 Å². The number of rotatable bonds is 4. The molecule has 0 unspecified atom stereocenters. The second kappa shape index (κ2) is 7.45. The van der Waals surface area contributed by atoms with Crippen molar-refractivity contribution < 1.29 is 0 Å². The highest BCUT2D eigenvalue weighted by Gasteiger charge is 2.16. The van der Waals surface area contributed by atoms with Crippen molar-refractivity contribution >= 4 is 51.4 Å². The number of thiocarbonyl (C=S) groups is 1. The van der Waals surface area contributed by atoms with Crippen LogP contribution in [0.5, 0.6) is 0 Å². The van der Waals surface area contributed by atoms with Crippen molar-refractivity contribution in [3.63, 3.8) is 0 Å². The summed E-state index contributed by atoms with van der Waals surface area (Å²) in [6, 6.07) is 10.1. The molecule has 0 radical (unpaired) electrons. The summed E-state index contributed by atoms with van der Waals surface area (Å²) in [5.41, 5.74) is 1.06. The largest absolute Gasteiger partial charge is 0.363 e. The van der Waals surface area contributed by atoms with Crippen LogP contribution in [0.25, 0.3) is 0 Å². The Morgan fingerprint density at radius 2 is 2.05 bits per heavy atom. The van der Waals surface area contributed by atoms with E-state index in [4.69, 9.17) is 23.8 Å². The molecule has 3 nitrogen and oxygen atoms in total. The van der Waals surface area contributed by atoms with Crippen LogP contribution in [0.1, 0.15) is 5.56 Å². The van der Waals surface area contributed by atoms with Crippen LogP contribution in [0.2, 0.25) is 5.02 Å². The zero-order valence-electron chi connectivity index (χ0n) is 11.7. The summed E-state index contributed by atoms with van der Waals surface area (Å²) in [6.07, 6.45) is 0.805. The van der Waals surface area contributed by atoms with Gasteiger partial charge in [0.2, 0.25) is 0 Å². The van der Waals surface area contributed by atoms with Gasteiger partial charge in [-0.15, -0.1) is 0 Å². The van der Waals surface area contributed by atoms with Crippen molar-refractivity contribution in [2.45, 2.75) is 17.2 Å². The van der Waals surface area contributed by atoms with E-state index in [-0.39, 0.29) is 10.6 Å². The molecular formula is C14H15ClN2OS3. The number of halogens is 1. The number of hydrogen-bond donors (Lipinski definition) is 0. The van der Waals surface area contributed by atoms with Crippen molar-refractivity contribution in [3.05, 3.63) is 51.3 Å². The molecule has 2 aromatic rings. The van der Waals surface area contributed by atoms with Crippen LogP contribution in [0, 0.1) is 0 Å². The van der Waals surface area contributed by atoms with Crippen LogP contribution in [-0.4, -0.2) is 27.3 Å². The van der Waals surface area contributed by atoms with E-state index in [1.165, 1.54) is 28.9 Å². The molecule has 0 bridgehead atoms. The van der Waals surface area contributed by atoms with Gasteiger partial charge in [-0.05, 0) is 35.3 Å². The minimum absolute atomic E-state index is 0.137. The van der Waals surface area contributed by atoms with Gasteiger partial charge in [-0.3, -0.25) is 8.75 Å².